The van der Waals surface area contributed by atoms with Crippen molar-refractivity contribution in [2.75, 3.05) is 0 Å². The molecule has 0 amide bonds. The van der Waals surface area contributed by atoms with E-state index in [0.717, 1.165) is 4.90 Å². The summed E-state index contributed by atoms with van der Waals surface area (Å²) in [4.78, 5) is 11.6. The molecular weight excluding hydrogens is 277 g/mol. The maximum Gasteiger partial charge on any atom is 0.284 e. The average molecular weight is 284 g/mol. The van der Waals surface area contributed by atoms with Crippen LogP contribution in [0.1, 0.15) is 0 Å². The van der Waals surface area contributed by atoms with Crippen LogP contribution in [0.2, 0.25) is 5.02 Å². The Morgan fingerprint density at radius 2 is 1.83 bits per heavy atom. The molecule has 2 rings (SSSR count). The quantitative estimate of drug-likeness (QED) is 0.613. The molecule has 0 N–H and O–H groups in total. The van der Waals surface area contributed by atoms with Crippen LogP contribution in [0.5, 0.6) is 0 Å². The van der Waals surface area contributed by atoms with Crippen LogP contribution in [-0.4, -0.2) is 4.92 Å². The van der Waals surface area contributed by atoms with E-state index in [9.17, 15) is 14.5 Å². The molecule has 0 radical (unpaired) electrons. The zero-order chi connectivity index (χ0) is 13.1. The molecule has 0 unspecified atom stereocenters. The van der Waals surface area contributed by atoms with Gasteiger partial charge in [-0.05, 0) is 36.4 Å². The van der Waals surface area contributed by atoms with Crippen LogP contribution in [-0.2, 0) is 0 Å². The summed E-state index contributed by atoms with van der Waals surface area (Å²) < 4.78 is 12.8. The molecule has 0 aromatic heterocycles. The highest BCUT2D eigenvalue weighted by Gasteiger charge is 2.15. The number of halogens is 2. The van der Waals surface area contributed by atoms with E-state index in [0.29, 0.717) is 9.92 Å². The third kappa shape index (κ3) is 3.00. The van der Waals surface area contributed by atoms with Crippen molar-refractivity contribution in [1.82, 2.24) is 0 Å². The largest absolute Gasteiger partial charge is 0.284 e. The SMILES string of the molecule is O=[N+]([O-])c1cc(Cl)ccc1Sc1ccc(F)cc1. The first-order chi connectivity index (χ1) is 8.56. The molecule has 0 atom stereocenters. The topological polar surface area (TPSA) is 43.1 Å². The molecule has 0 aliphatic rings. The summed E-state index contributed by atoms with van der Waals surface area (Å²) in [7, 11) is 0. The van der Waals surface area contributed by atoms with Crippen molar-refractivity contribution >= 4 is 29.1 Å². The first kappa shape index (κ1) is 12.9. The minimum Gasteiger partial charge on any atom is -0.258 e. The van der Waals surface area contributed by atoms with Crippen molar-refractivity contribution in [3.05, 3.63) is 63.4 Å². The van der Waals surface area contributed by atoms with Gasteiger partial charge in [-0.2, -0.15) is 0 Å². The summed E-state index contributed by atoms with van der Waals surface area (Å²) in [6, 6.07) is 10.2. The Hall–Kier alpha value is -1.59. The van der Waals surface area contributed by atoms with Gasteiger partial charge in [-0.15, -0.1) is 0 Å². The van der Waals surface area contributed by atoms with E-state index in [2.05, 4.69) is 0 Å². The number of benzene rings is 2. The molecule has 0 saturated heterocycles. The van der Waals surface area contributed by atoms with Gasteiger partial charge in [-0.3, -0.25) is 10.1 Å². The van der Waals surface area contributed by atoms with Gasteiger partial charge in [0, 0.05) is 16.0 Å². The summed E-state index contributed by atoms with van der Waals surface area (Å²) in [5.41, 5.74) is -0.0585. The second-order valence-corrected chi connectivity index (χ2v) is 4.98. The van der Waals surface area contributed by atoms with Crippen LogP contribution in [0.4, 0.5) is 10.1 Å². The summed E-state index contributed by atoms with van der Waals surface area (Å²) in [6.07, 6.45) is 0. The lowest BCUT2D eigenvalue weighted by Gasteiger charge is -2.03. The van der Waals surface area contributed by atoms with Crippen LogP contribution in [0.25, 0.3) is 0 Å². The van der Waals surface area contributed by atoms with E-state index in [4.69, 9.17) is 11.6 Å². The van der Waals surface area contributed by atoms with Crippen LogP contribution < -0.4 is 0 Å². The van der Waals surface area contributed by atoms with E-state index in [1.807, 2.05) is 0 Å². The van der Waals surface area contributed by atoms with Crippen molar-refractivity contribution in [3.8, 4) is 0 Å². The molecule has 0 spiro atoms. The molecule has 0 heterocycles. The van der Waals surface area contributed by atoms with Gasteiger partial charge in [0.05, 0.1) is 9.82 Å². The number of rotatable bonds is 3. The molecule has 2 aromatic carbocycles. The summed E-state index contributed by atoms with van der Waals surface area (Å²) >= 11 is 6.91. The fourth-order valence-electron chi connectivity index (χ4n) is 1.35. The first-order valence-corrected chi connectivity index (χ1v) is 6.13. The minimum atomic E-state index is -0.488. The Bertz CT molecular complexity index is 589. The third-order valence-electron chi connectivity index (χ3n) is 2.16. The Labute approximate surface area is 112 Å². The maximum absolute atomic E-state index is 12.8. The van der Waals surface area contributed by atoms with E-state index in [1.54, 1.807) is 24.3 Å². The fourth-order valence-corrected chi connectivity index (χ4v) is 2.42. The zero-order valence-electron chi connectivity index (χ0n) is 8.97. The van der Waals surface area contributed by atoms with Gasteiger partial charge in [0.2, 0.25) is 0 Å². The predicted molar refractivity (Wildman–Crippen MR) is 68.6 cm³/mol. The van der Waals surface area contributed by atoms with Crippen molar-refractivity contribution < 1.29 is 9.31 Å². The summed E-state index contributed by atoms with van der Waals surface area (Å²) in [5, 5.41) is 11.2. The van der Waals surface area contributed by atoms with E-state index < -0.39 is 4.92 Å². The molecule has 3 nitrogen and oxygen atoms in total. The van der Waals surface area contributed by atoms with Gasteiger partial charge in [0.25, 0.3) is 5.69 Å². The Morgan fingerprint density at radius 1 is 1.17 bits per heavy atom. The van der Waals surface area contributed by atoms with Crippen LogP contribution in [0, 0.1) is 15.9 Å². The van der Waals surface area contributed by atoms with Gasteiger partial charge >= 0.3 is 0 Å². The van der Waals surface area contributed by atoms with E-state index in [1.165, 1.54) is 30.0 Å². The normalized spacial score (nSPS) is 10.3. The smallest absolute Gasteiger partial charge is 0.258 e. The zero-order valence-corrected chi connectivity index (χ0v) is 10.5. The molecule has 0 aliphatic heterocycles. The maximum atomic E-state index is 12.8. The van der Waals surface area contributed by atoms with E-state index in [-0.39, 0.29) is 11.5 Å². The molecular formula is C12H7ClFNO2S. The Morgan fingerprint density at radius 3 is 2.44 bits per heavy atom. The van der Waals surface area contributed by atoms with Crippen molar-refractivity contribution in [2.45, 2.75) is 9.79 Å². The Kier molecular flexibility index (Phi) is 3.84. The van der Waals surface area contributed by atoms with Gasteiger partial charge in [-0.25, -0.2) is 4.39 Å². The lowest BCUT2D eigenvalue weighted by molar-refractivity contribution is -0.387. The van der Waals surface area contributed by atoms with Gasteiger partial charge in [0.1, 0.15) is 5.82 Å². The second-order valence-electron chi connectivity index (χ2n) is 3.43. The highest BCUT2D eigenvalue weighted by molar-refractivity contribution is 7.99. The minimum absolute atomic E-state index is 0.0585. The van der Waals surface area contributed by atoms with Crippen LogP contribution in [0.3, 0.4) is 0 Å². The van der Waals surface area contributed by atoms with Gasteiger partial charge in [0.15, 0.2) is 0 Å². The van der Waals surface area contributed by atoms with Gasteiger partial charge in [-0.1, -0.05) is 23.4 Å². The summed E-state index contributed by atoms with van der Waals surface area (Å²) in [5.74, 6) is -0.343. The second kappa shape index (κ2) is 5.37. The van der Waals surface area contributed by atoms with Crippen molar-refractivity contribution in [2.24, 2.45) is 0 Å². The number of hydrogen-bond acceptors (Lipinski definition) is 3. The number of hydrogen-bond donors (Lipinski definition) is 0. The molecule has 0 bridgehead atoms. The monoisotopic (exact) mass is 283 g/mol. The molecule has 0 aliphatic carbocycles. The number of nitrogens with zero attached hydrogens (tertiary/aromatic N) is 1. The molecule has 18 heavy (non-hydrogen) atoms. The average Bonchev–Trinajstić information content (AvgIpc) is 2.34. The first-order valence-electron chi connectivity index (χ1n) is 4.93. The third-order valence-corrected chi connectivity index (χ3v) is 3.47. The molecule has 0 fully saturated rings. The Balaban J connectivity index is 2.34. The molecule has 92 valence electrons. The van der Waals surface area contributed by atoms with Crippen LogP contribution in [0.15, 0.2) is 52.3 Å². The predicted octanol–water partition coefficient (Wildman–Crippen LogP) is 4.54. The number of nitro groups is 1. The van der Waals surface area contributed by atoms with Crippen LogP contribution >= 0.6 is 23.4 Å². The number of nitro benzene ring substituents is 1. The summed E-state index contributed by atoms with van der Waals surface area (Å²) in [6.45, 7) is 0. The lowest BCUT2D eigenvalue weighted by atomic mass is 10.3. The van der Waals surface area contributed by atoms with E-state index >= 15 is 0 Å². The molecule has 0 saturated carbocycles. The standard InChI is InChI=1S/C12H7ClFNO2S/c13-8-1-6-12(11(7-8)15(16)17)18-10-4-2-9(14)3-5-10/h1-7H. The fraction of sp³-hybridized carbons (Fsp3) is 0. The molecule has 6 heteroatoms. The highest BCUT2D eigenvalue weighted by Crippen LogP contribution is 2.36. The van der Waals surface area contributed by atoms with Gasteiger partial charge < -0.3 is 0 Å². The molecule has 2 aromatic rings. The van der Waals surface area contributed by atoms with Crippen molar-refractivity contribution in [3.63, 3.8) is 0 Å². The highest BCUT2D eigenvalue weighted by atomic mass is 35.5. The van der Waals surface area contributed by atoms with Crippen molar-refractivity contribution in [1.29, 1.82) is 0 Å². The lowest BCUT2D eigenvalue weighted by Crippen LogP contribution is -1.90.